The van der Waals surface area contributed by atoms with E-state index in [2.05, 4.69) is 5.32 Å². The number of hydrogen-bond donors (Lipinski definition) is 1. The lowest BCUT2D eigenvalue weighted by Crippen LogP contribution is -2.53. The molecule has 21 heavy (non-hydrogen) atoms. The molecule has 2 atom stereocenters. The van der Waals surface area contributed by atoms with Crippen molar-refractivity contribution in [1.29, 1.82) is 0 Å². The fourth-order valence-corrected chi connectivity index (χ4v) is 2.96. The van der Waals surface area contributed by atoms with Gasteiger partial charge in [0.25, 0.3) is 0 Å². The molecule has 1 amide bonds. The minimum atomic E-state index is -0.230. The van der Waals surface area contributed by atoms with E-state index in [0.717, 1.165) is 38.1 Å². The van der Waals surface area contributed by atoms with Crippen molar-refractivity contribution >= 4 is 6.09 Å². The van der Waals surface area contributed by atoms with Crippen LogP contribution >= 0.6 is 0 Å². The van der Waals surface area contributed by atoms with Gasteiger partial charge in [0.2, 0.25) is 0 Å². The van der Waals surface area contributed by atoms with Crippen molar-refractivity contribution < 1.29 is 14.3 Å². The quantitative estimate of drug-likeness (QED) is 0.902. The monoisotopic (exact) mass is 290 g/mol. The lowest BCUT2D eigenvalue weighted by Gasteiger charge is -2.32. The first-order chi connectivity index (χ1) is 10.3. The molecule has 0 spiro atoms. The summed E-state index contributed by atoms with van der Waals surface area (Å²) in [6.07, 6.45) is 1.96. The van der Waals surface area contributed by atoms with Crippen LogP contribution in [0.4, 0.5) is 4.79 Å². The number of nitrogens with zero attached hydrogens (tertiary/aromatic N) is 1. The Balaban J connectivity index is 1.54. The standard InChI is InChI=1S/C16H22N2O3/c19-16(21-12-13-5-2-1-3-6-13)18-9-4-7-15-14(11-18)17-8-10-20-15/h1-3,5-6,14-15,17H,4,7-12H2/t14-,15-/m1/s1. The number of fused-ring (bicyclic) bond motifs is 1. The summed E-state index contributed by atoms with van der Waals surface area (Å²) in [6.45, 7) is 3.35. The van der Waals surface area contributed by atoms with Crippen molar-refractivity contribution in [3.63, 3.8) is 0 Å². The molecule has 0 aliphatic carbocycles. The summed E-state index contributed by atoms with van der Waals surface area (Å²) in [6, 6.07) is 10.00. The third kappa shape index (κ3) is 3.74. The minimum Gasteiger partial charge on any atom is -0.445 e. The van der Waals surface area contributed by atoms with Crippen LogP contribution in [0.25, 0.3) is 0 Å². The molecule has 5 heteroatoms. The van der Waals surface area contributed by atoms with Crippen LogP contribution in [-0.2, 0) is 16.1 Å². The maximum Gasteiger partial charge on any atom is 0.410 e. The van der Waals surface area contributed by atoms with Gasteiger partial charge in [-0.2, -0.15) is 0 Å². The predicted molar refractivity (Wildman–Crippen MR) is 79.0 cm³/mol. The maximum atomic E-state index is 12.2. The van der Waals surface area contributed by atoms with Crippen LogP contribution in [0.1, 0.15) is 18.4 Å². The van der Waals surface area contributed by atoms with Crippen LogP contribution in [-0.4, -0.2) is 49.4 Å². The summed E-state index contributed by atoms with van der Waals surface area (Å²) in [7, 11) is 0. The summed E-state index contributed by atoms with van der Waals surface area (Å²) in [5.41, 5.74) is 1.01. The molecule has 1 N–H and O–H groups in total. The molecular formula is C16H22N2O3. The van der Waals surface area contributed by atoms with E-state index in [1.54, 1.807) is 4.90 Å². The summed E-state index contributed by atoms with van der Waals surface area (Å²) in [5, 5.41) is 3.45. The first kappa shape index (κ1) is 14.4. The zero-order valence-corrected chi connectivity index (χ0v) is 12.2. The highest BCUT2D eigenvalue weighted by Gasteiger charge is 2.32. The van der Waals surface area contributed by atoms with Gasteiger partial charge < -0.3 is 19.7 Å². The number of ether oxygens (including phenoxy) is 2. The molecule has 0 bridgehead atoms. The Bertz CT molecular complexity index is 466. The van der Waals surface area contributed by atoms with Crippen LogP contribution < -0.4 is 5.32 Å². The summed E-state index contributed by atoms with van der Waals surface area (Å²) in [4.78, 5) is 14.0. The Hall–Kier alpha value is -1.59. The summed E-state index contributed by atoms with van der Waals surface area (Å²) >= 11 is 0. The van der Waals surface area contributed by atoms with E-state index in [4.69, 9.17) is 9.47 Å². The van der Waals surface area contributed by atoms with E-state index in [1.165, 1.54) is 0 Å². The predicted octanol–water partition coefficient (Wildman–Crippen LogP) is 1.78. The smallest absolute Gasteiger partial charge is 0.410 e. The second-order valence-corrected chi connectivity index (χ2v) is 5.60. The number of carbonyl (C=O) groups is 1. The van der Waals surface area contributed by atoms with Crippen molar-refractivity contribution in [3.8, 4) is 0 Å². The first-order valence-corrected chi connectivity index (χ1v) is 7.63. The first-order valence-electron chi connectivity index (χ1n) is 7.63. The van der Waals surface area contributed by atoms with E-state index in [9.17, 15) is 4.79 Å². The van der Waals surface area contributed by atoms with E-state index < -0.39 is 0 Å². The number of amides is 1. The van der Waals surface area contributed by atoms with Crippen molar-refractivity contribution in [1.82, 2.24) is 10.2 Å². The highest BCUT2D eigenvalue weighted by atomic mass is 16.6. The van der Waals surface area contributed by atoms with E-state index in [0.29, 0.717) is 13.2 Å². The Morgan fingerprint density at radius 1 is 1.38 bits per heavy atom. The molecule has 2 aliphatic heterocycles. The van der Waals surface area contributed by atoms with Gasteiger partial charge in [-0.25, -0.2) is 4.79 Å². The molecule has 2 heterocycles. The number of rotatable bonds is 2. The maximum absolute atomic E-state index is 12.2. The summed E-state index contributed by atoms with van der Waals surface area (Å²) < 4.78 is 11.2. The van der Waals surface area contributed by atoms with Gasteiger partial charge in [0, 0.05) is 19.6 Å². The molecule has 0 radical (unpaired) electrons. The largest absolute Gasteiger partial charge is 0.445 e. The molecular weight excluding hydrogens is 268 g/mol. The summed E-state index contributed by atoms with van der Waals surface area (Å²) in [5.74, 6) is 0. The number of carbonyl (C=O) groups excluding carboxylic acids is 1. The van der Waals surface area contributed by atoms with Crippen LogP contribution in [0, 0.1) is 0 Å². The number of likely N-dealkylation sites (tertiary alicyclic amines) is 1. The lowest BCUT2D eigenvalue weighted by molar-refractivity contribution is -0.00820. The molecule has 0 saturated carbocycles. The van der Waals surface area contributed by atoms with Gasteiger partial charge >= 0.3 is 6.09 Å². The van der Waals surface area contributed by atoms with E-state index in [1.807, 2.05) is 30.3 Å². The molecule has 3 rings (SSSR count). The zero-order valence-electron chi connectivity index (χ0n) is 12.2. The van der Waals surface area contributed by atoms with Gasteiger partial charge in [-0.1, -0.05) is 30.3 Å². The van der Waals surface area contributed by atoms with Gasteiger partial charge in [-0.3, -0.25) is 0 Å². The average molecular weight is 290 g/mol. The highest BCUT2D eigenvalue weighted by Crippen LogP contribution is 2.18. The Morgan fingerprint density at radius 3 is 3.10 bits per heavy atom. The zero-order chi connectivity index (χ0) is 14.5. The topological polar surface area (TPSA) is 50.8 Å². The Morgan fingerprint density at radius 2 is 2.24 bits per heavy atom. The molecule has 0 aromatic heterocycles. The van der Waals surface area contributed by atoms with Crippen molar-refractivity contribution in [3.05, 3.63) is 35.9 Å². The van der Waals surface area contributed by atoms with Crippen molar-refractivity contribution in [2.45, 2.75) is 31.6 Å². The fourth-order valence-electron chi connectivity index (χ4n) is 2.96. The highest BCUT2D eigenvalue weighted by molar-refractivity contribution is 5.67. The molecule has 2 aliphatic rings. The number of morpholine rings is 1. The molecule has 2 saturated heterocycles. The Labute approximate surface area is 125 Å². The molecule has 2 fully saturated rings. The average Bonchev–Trinajstić information content (AvgIpc) is 2.76. The van der Waals surface area contributed by atoms with Gasteiger partial charge in [0.15, 0.2) is 0 Å². The van der Waals surface area contributed by atoms with Gasteiger partial charge in [0.05, 0.1) is 18.8 Å². The minimum absolute atomic E-state index is 0.227. The van der Waals surface area contributed by atoms with Crippen molar-refractivity contribution in [2.24, 2.45) is 0 Å². The molecule has 0 unspecified atom stereocenters. The normalized spacial score (nSPS) is 25.8. The third-order valence-corrected chi connectivity index (χ3v) is 4.09. The van der Waals surface area contributed by atoms with Crippen LogP contribution in [0.3, 0.4) is 0 Å². The van der Waals surface area contributed by atoms with Crippen LogP contribution in [0.5, 0.6) is 0 Å². The SMILES string of the molecule is O=C(OCc1ccccc1)N1CCC[C@H]2OCCN[C@@H]2C1. The second-order valence-electron chi connectivity index (χ2n) is 5.60. The Kier molecular flexibility index (Phi) is 4.72. The van der Waals surface area contributed by atoms with Gasteiger partial charge in [-0.05, 0) is 18.4 Å². The van der Waals surface area contributed by atoms with E-state index >= 15 is 0 Å². The fraction of sp³-hybridized carbons (Fsp3) is 0.562. The number of nitrogens with one attached hydrogen (secondary N) is 1. The van der Waals surface area contributed by atoms with Crippen LogP contribution in [0.2, 0.25) is 0 Å². The van der Waals surface area contributed by atoms with Crippen LogP contribution in [0.15, 0.2) is 30.3 Å². The molecule has 1 aromatic carbocycles. The van der Waals surface area contributed by atoms with Gasteiger partial charge in [-0.15, -0.1) is 0 Å². The van der Waals surface area contributed by atoms with Crippen molar-refractivity contribution in [2.75, 3.05) is 26.2 Å². The lowest BCUT2D eigenvalue weighted by atomic mass is 10.1. The molecule has 114 valence electrons. The molecule has 1 aromatic rings. The van der Waals surface area contributed by atoms with Gasteiger partial charge in [0.1, 0.15) is 6.61 Å². The number of hydrogen-bond acceptors (Lipinski definition) is 4. The van der Waals surface area contributed by atoms with E-state index in [-0.39, 0.29) is 18.2 Å². The number of benzene rings is 1. The molecule has 5 nitrogen and oxygen atoms in total. The second kappa shape index (κ2) is 6.91. The third-order valence-electron chi connectivity index (χ3n) is 4.09.